The van der Waals surface area contributed by atoms with Crippen LogP contribution in [0, 0.1) is 0 Å². The molecule has 3 rings (SSSR count). The van der Waals surface area contributed by atoms with Gasteiger partial charge in [0.15, 0.2) is 0 Å². The maximum Gasteiger partial charge on any atom is 0.255 e. The number of nitrogens with zero attached hydrogens (tertiary/aromatic N) is 2. The molecule has 2 aromatic carbocycles. The van der Waals surface area contributed by atoms with Crippen LogP contribution in [0.3, 0.4) is 0 Å². The highest BCUT2D eigenvalue weighted by atomic mass is 35.5. The van der Waals surface area contributed by atoms with Gasteiger partial charge in [0, 0.05) is 44.4 Å². The van der Waals surface area contributed by atoms with E-state index in [1.54, 1.807) is 25.3 Å². The number of benzene rings is 2. The Kier molecular flexibility index (Phi) is 9.55. The molecule has 0 saturated carbocycles. The predicted molar refractivity (Wildman–Crippen MR) is 119 cm³/mol. The number of hydrogen-bond acceptors (Lipinski definition) is 5. The number of methoxy groups -OCH3 is 1. The number of piperazine rings is 1. The quantitative estimate of drug-likeness (QED) is 0.718. The average Bonchev–Trinajstić information content (AvgIpc) is 2.65. The largest absolute Gasteiger partial charge is 0.497 e. The number of nitrogen functional groups attached to an aromatic ring is 1. The molecule has 6 nitrogen and oxygen atoms in total. The number of carbonyl (C=O) groups excluding carboxylic acids is 1. The third-order valence-electron chi connectivity index (χ3n) is 4.70. The van der Waals surface area contributed by atoms with Gasteiger partial charge in [-0.1, -0.05) is 12.1 Å². The number of likely N-dealkylation sites (N-methyl/N-ethyl adjacent to an activating group) is 1. The fraction of sp³-hybridized carbons (Fsp3) is 0.350. The van der Waals surface area contributed by atoms with Crippen LogP contribution in [-0.4, -0.2) is 56.0 Å². The van der Waals surface area contributed by atoms with Crippen LogP contribution in [0.4, 0.5) is 11.4 Å². The third kappa shape index (κ3) is 6.27. The Labute approximate surface area is 178 Å². The van der Waals surface area contributed by atoms with E-state index in [0.717, 1.165) is 38.3 Å². The summed E-state index contributed by atoms with van der Waals surface area (Å²) >= 11 is 0. The Hall–Kier alpha value is -1.99. The highest BCUT2D eigenvalue weighted by molar-refractivity contribution is 6.06. The number of nitrogens with two attached hydrogens (primary N) is 1. The van der Waals surface area contributed by atoms with Crippen LogP contribution < -0.4 is 15.8 Å². The molecular formula is C20H28Cl2N4O2. The van der Waals surface area contributed by atoms with Gasteiger partial charge in [0.05, 0.1) is 18.5 Å². The molecule has 1 aliphatic rings. The van der Waals surface area contributed by atoms with E-state index in [-0.39, 0.29) is 30.7 Å². The molecule has 1 aliphatic heterocycles. The van der Waals surface area contributed by atoms with Crippen LogP contribution in [-0.2, 0) is 6.54 Å². The lowest BCUT2D eigenvalue weighted by Crippen LogP contribution is -2.43. The van der Waals surface area contributed by atoms with Crippen LogP contribution in [0.5, 0.6) is 5.75 Å². The van der Waals surface area contributed by atoms with Crippen molar-refractivity contribution in [3.63, 3.8) is 0 Å². The summed E-state index contributed by atoms with van der Waals surface area (Å²) in [5, 5.41) is 2.87. The molecule has 0 radical (unpaired) electrons. The van der Waals surface area contributed by atoms with Crippen molar-refractivity contribution in [1.82, 2.24) is 9.80 Å². The first-order valence-electron chi connectivity index (χ1n) is 8.80. The van der Waals surface area contributed by atoms with Crippen molar-refractivity contribution in [3.05, 3.63) is 53.6 Å². The first-order valence-corrected chi connectivity index (χ1v) is 8.80. The fourth-order valence-electron chi connectivity index (χ4n) is 3.04. The molecule has 1 amide bonds. The number of amides is 1. The second-order valence-corrected chi connectivity index (χ2v) is 6.69. The van der Waals surface area contributed by atoms with E-state index < -0.39 is 0 Å². The van der Waals surface area contributed by atoms with Crippen LogP contribution in [0.15, 0.2) is 42.5 Å². The summed E-state index contributed by atoms with van der Waals surface area (Å²) in [6, 6.07) is 13.0. The van der Waals surface area contributed by atoms with E-state index in [2.05, 4.69) is 28.2 Å². The van der Waals surface area contributed by atoms with Gasteiger partial charge >= 0.3 is 0 Å². The van der Waals surface area contributed by atoms with E-state index >= 15 is 0 Å². The summed E-state index contributed by atoms with van der Waals surface area (Å²) in [5.41, 5.74) is 8.78. The minimum absolute atomic E-state index is 0. The van der Waals surface area contributed by atoms with Gasteiger partial charge < -0.3 is 20.7 Å². The molecule has 0 bridgehead atoms. The molecule has 0 spiro atoms. The summed E-state index contributed by atoms with van der Waals surface area (Å²) in [6.45, 7) is 5.11. The second-order valence-electron chi connectivity index (χ2n) is 6.69. The van der Waals surface area contributed by atoms with Crippen molar-refractivity contribution in [1.29, 1.82) is 0 Å². The number of ether oxygens (including phenoxy) is 1. The topological polar surface area (TPSA) is 70.8 Å². The van der Waals surface area contributed by atoms with E-state index in [1.807, 2.05) is 18.2 Å². The highest BCUT2D eigenvalue weighted by Gasteiger charge is 2.15. The Morgan fingerprint density at radius 1 is 1.11 bits per heavy atom. The Morgan fingerprint density at radius 2 is 1.82 bits per heavy atom. The first-order chi connectivity index (χ1) is 12.5. The summed E-state index contributed by atoms with van der Waals surface area (Å²) in [6.07, 6.45) is 0. The lowest BCUT2D eigenvalue weighted by atomic mass is 10.1. The molecule has 0 aromatic heterocycles. The Morgan fingerprint density at radius 3 is 2.50 bits per heavy atom. The third-order valence-corrected chi connectivity index (χ3v) is 4.70. The maximum atomic E-state index is 12.6. The number of carbonyl (C=O) groups is 1. The monoisotopic (exact) mass is 426 g/mol. The van der Waals surface area contributed by atoms with E-state index in [0.29, 0.717) is 22.7 Å². The molecule has 1 saturated heterocycles. The SMILES string of the molecule is COc1ccc(N)c(NC(=O)c2cccc(CN3CCN(C)CC3)c2)c1.Cl.Cl. The Balaban J connectivity index is 0.00000196. The molecule has 154 valence electrons. The van der Waals surface area contributed by atoms with Gasteiger partial charge in [-0.2, -0.15) is 0 Å². The van der Waals surface area contributed by atoms with Crippen molar-refractivity contribution in [2.24, 2.45) is 0 Å². The van der Waals surface area contributed by atoms with E-state index in [9.17, 15) is 4.79 Å². The fourth-order valence-corrected chi connectivity index (χ4v) is 3.04. The normalized spacial score (nSPS) is 14.5. The molecule has 1 fully saturated rings. The van der Waals surface area contributed by atoms with Crippen molar-refractivity contribution in [3.8, 4) is 5.75 Å². The lowest BCUT2D eigenvalue weighted by molar-refractivity contribution is 0.102. The van der Waals surface area contributed by atoms with Gasteiger partial charge in [0.2, 0.25) is 0 Å². The second kappa shape index (κ2) is 11.1. The minimum atomic E-state index is -0.176. The molecule has 0 unspecified atom stereocenters. The number of halogens is 2. The number of rotatable bonds is 5. The van der Waals surface area contributed by atoms with Gasteiger partial charge in [-0.05, 0) is 36.9 Å². The van der Waals surface area contributed by atoms with Crippen molar-refractivity contribution >= 4 is 42.1 Å². The zero-order valence-electron chi connectivity index (χ0n) is 16.2. The van der Waals surface area contributed by atoms with Gasteiger partial charge in [-0.15, -0.1) is 24.8 Å². The molecule has 3 N–H and O–H groups in total. The number of hydrogen-bond donors (Lipinski definition) is 2. The van der Waals surface area contributed by atoms with Gasteiger partial charge in [0.1, 0.15) is 5.75 Å². The highest BCUT2D eigenvalue weighted by Crippen LogP contribution is 2.25. The molecule has 8 heteroatoms. The summed E-state index contributed by atoms with van der Waals surface area (Å²) in [5.74, 6) is 0.475. The lowest BCUT2D eigenvalue weighted by Gasteiger charge is -2.32. The maximum absolute atomic E-state index is 12.6. The van der Waals surface area contributed by atoms with Gasteiger partial charge in [-0.3, -0.25) is 9.69 Å². The van der Waals surface area contributed by atoms with Gasteiger partial charge in [0.25, 0.3) is 5.91 Å². The van der Waals surface area contributed by atoms with Crippen LogP contribution >= 0.6 is 24.8 Å². The van der Waals surface area contributed by atoms with E-state index in [4.69, 9.17) is 10.5 Å². The smallest absolute Gasteiger partial charge is 0.255 e. The first kappa shape index (κ1) is 24.0. The van der Waals surface area contributed by atoms with Crippen molar-refractivity contribution in [2.45, 2.75) is 6.54 Å². The van der Waals surface area contributed by atoms with Crippen molar-refractivity contribution < 1.29 is 9.53 Å². The van der Waals surface area contributed by atoms with E-state index in [1.165, 1.54) is 0 Å². The zero-order chi connectivity index (χ0) is 18.5. The molecule has 0 atom stereocenters. The molecule has 1 heterocycles. The average molecular weight is 427 g/mol. The zero-order valence-corrected chi connectivity index (χ0v) is 17.8. The predicted octanol–water partition coefficient (Wildman–Crippen LogP) is 3.12. The summed E-state index contributed by atoms with van der Waals surface area (Å²) in [7, 11) is 3.73. The molecule has 0 aliphatic carbocycles. The molecule has 2 aromatic rings. The van der Waals surface area contributed by atoms with Crippen LogP contribution in [0.1, 0.15) is 15.9 Å². The summed E-state index contributed by atoms with van der Waals surface area (Å²) < 4.78 is 5.19. The Bertz CT molecular complexity index is 781. The summed E-state index contributed by atoms with van der Waals surface area (Å²) in [4.78, 5) is 17.4. The van der Waals surface area contributed by atoms with Crippen molar-refractivity contribution in [2.75, 3.05) is 51.4 Å². The molecule has 28 heavy (non-hydrogen) atoms. The minimum Gasteiger partial charge on any atom is -0.497 e. The van der Waals surface area contributed by atoms with Crippen LogP contribution in [0.25, 0.3) is 0 Å². The number of anilines is 2. The standard InChI is InChI=1S/C20H26N4O2.2ClH/c1-23-8-10-24(11-9-23)14-15-4-3-5-16(12-15)20(25)22-19-13-17(26-2)6-7-18(19)21;;/h3-7,12-13H,8-11,14,21H2,1-2H3,(H,22,25);2*1H. The van der Waals surface area contributed by atoms with Crippen LogP contribution in [0.2, 0.25) is 0 Å². The number of nitrogens with one attached hydrogen (secondary N) is 1. The molecular weight excluding hydrogens is 399 g/mol. The van der Waals surface area contributed by atoms with Gasteiger partial charge in [-0.25, -0.2) is 0 Å².